The van der Waals surface area contributed by atoms with Crippen molar-refractivity contribution in [3.8, 4) is 5.75 Å². The van der Waals surface area contributed by atoms with E-state index in [2.05, 4.69) is 0 Å². The molecule has 1 aromatic carbocycles. The predicted octanol–water partition coefficient (Wildman–Crippen LogP) is 0.394. The molecule has 1 aliphatic rings. The van der Waals surface area contributed by atoms with E-state index >= 15 is 0 Å². The molecule has 4 nitrogen and oxygen atoms in total. The molecule has 0 aliphatic heterocycles. The number of phenols is 1. The van der Waals surface area contributed by atoms with Gasteiger partial charge in [-0.2, -0.15) is 0 Å². The highest BCUT2D eigenvalue weighted by atomic mass is 16.3. The predicted molar refractivity (Wildman–Crippen MR) is 64.5 cm³/mol. The fourth-order valence-corrected chi connectivity index (χ4v) is 2.59. The van der Waals surface area contributed by atoms with Crippen LogP contribution in [0.15, 0.2) is 24.3 Å². The summed E-state index contributed by atoms with van der Waals surface area (Å²) in [6.45, 7) is 0. The lowest BCUT2D eigenvalue weighted by atomic mass is 9.90. The summed E-state index contributed by atoms with van der Waals surface area (Å²) in [5.74, 6) is -0.0212. The van der Waals surface area contributed by atoms with E-state index < -0.39 is 12.2 Å². The molecule has 4 heteroatoms. The van der Waals surface area contributed by atoms with E-state index in [1.54, 1.807) is 12.1 Å². The van der Waals surface area contributed by atoms with Crippen LogP contribution in [0.25, 0.3) is 0 Å². The molecule has 0 saturated heterocycles. The van der Waals surface area contributed by atoms with Crippen molar-refractivity contribution < 1.29 is 15.3 Å². The molecule has 0 aromatic heterocycles. The molecule has 0 radical (unpaired) electrons. The molecule has 1 aromatic rings. The minimum atomic E-state index is -0.503. The van der Waals surface area contributed by atoms with Gasteiger partial charge in [-0.1, -0.05) is 12.1 Å². The van der Waals surface area contributed by atoms with Crippen molar-refractivity contribution in [3.05, 3.63) is 29.8 Å². The van der Waals surface area contributed by atoms with Gasteiger partial charge in [-0.3, -0.25) is 0 Å². The number of rotatable bonds is 3. The van der Waals surface area contributed by atoms with Gasteiger partial charge in [0.15, 0.2) is 0 Å². The van der Waals surface area contributed by atoms with Crippen LogP contribution < -0.4 is 5.73 Å². The first-order valence-electron chi connectivity index (χ1n) is 5.97. The van der Waals surface area contributed by atoms with Crippen molar-refractivity contribution in [2.24, 2.45) is 11.7 Å². The maximum Gasteiger partial charge on any atom is 0.115 e. The van der Waals surface area contributed by atoms with Crippen LogP contribution in [0.1, 0.15) is 18.4 Å². The Balaban J connectivity index is 2.01. The van der Waals surface area contributed by atoms with E-state index in [-0.39, 0.29) is 17.7 Å². The Bertz CT molecular complexity index is 355. The normalized spacial score (nSPS) is 27.2. The van der Waals surface area contributed by atoms with Crippen molar-refractivity contribution in [1.29, 1.82) is 0 Å². The zero-order valence-electron chi connectivity index (χ0n) is 9.66. The van der Waals surface area contributed by atoms with Gasteiger partial charge in [-0.15, -0.1) is 0 Å². The highest BCUT2D eigenvalue weighted by Crippen LogP contribution is 2.29. The third-order valence-electron chi connectivity index (χ3n) is 3.55. The first-order chi connectivity index (χ1) is 8.08. The Labute approximate surface area is 101 Å². The van der Waals surface area contributed by atoms with Crippen LogP contribution >= 0.6 is 0 Å². The van der Waals surface area contributed by atoms with Gasteiger partial charge in [0.2, 0.25) is 0 Å². The minimum absolute atomic E-state index is 0.225. The summed E-state index contributed by atoms with van der Waals surface area (Å²) >= 11 is 0. The Morgan fingerprint density at radius 2 is 1.65 bits per heavy atom. The van der Waals surface area contributed by atoms with Crippen molar-refractivity contribution in [3.63, 3.8) is 0 Å². The average Bonchev–Trinajstić information content (AvgIpc) is 2.62. The van der Waals surface area contributed by atoms with Gasteiger partial charge in [0.25, 0.3) is 0 Å². The van der Waals surface area contributed by atoms with Crippen molar-refractivity contribution >= 4 is 0 Å². The van der Waals surface area contributed by atoms with Crippen molar-refractivity contribution in [2.45, 2.75) is 37.5 Å². The van der Waals surface area contributed by atoms with Crippen LogP contribution in [0.5, 0.6) is 5.75 Å². The molecular formula is C13H19NO3. The Morgan fingerprint density at radius 1 is 1.12 bits per heavy atom. The second-order valence-corrected chi connectivity index (χ2v) is 4.82. The van der Waals surface area contributed by atoms with Crippen LogP contribution in [0.3, 0.4) is 0 Å². The summed E-state index contributed by atoms with van der Waals surface area (Å²) in [7, 11) is 0. The third-order valence-corrected chi connectivity index (χ3v) is 3.55. The molecule has 5 N–H and O–H groups in total. The summed E-state index contributed by atoms with van der Waals surface area (Å²) in [5, 5.41) is 28.7. The zero-order valence-corrected chi connectivity index (χ0v) is 9.66. The van der Waals surface area contributed by atoms with E-state index in [0.29, 0.717) is 19.3 Å². The van der Waals surface area contributed by atoms with Crippen LogP contribution in [0, 0.1) is 5.92 Å². The first-order valence-corrected chi connectivity index (χ1v) is 5.97. The number of aromatic hydroxyl groups is 1. The first kappa shape index (κ1) is 12.4. The van der Waals surface area contributed by atoms with E-state index in [4.69, 9.17) is 5.73 Å². The molecule has 0 amide bonds. The number of benzene rings is 1. The monoisotopic (exact) mass is 237 g/mol. The van der Waals surface area contributed by atoms with Gasteiger partial charge in [-0.25, -0.2) is 0 Å². The van der Waals surface area contributed by atoms with Gasteiger partial charge >= 0.3 is 0 Å². The summed E-state index contributed by atoms with van der Waals surface area (Å²) in [4.78, 5) is 0. The highest BCUT2D eigenvalue weighted by Gasteiger charge is 2.37. The van der Waals surface area contributed by atoms with Crippen LogP contribution in [-0.2, 0) is 6.42 Å². The van der Waals surface area contributed by atoms with Gasteiger partial charge < -0.3 is 21.1 Å². The molecule has 17 heavy (non-hydrogen) atoms. The topological polar surface area (TPSA) is 86.7 Å². The van der Waals surface area contributed by atoms with Gasteiger partial charge in [-0.05, 0) is 37.0 Å². The molecular weight excluding hydrogens is 218 g/mol. The van der Waals surface area contributed by atoms with Gasteiger partial charge in [0, 0.05) is 12.0 Å². The minimum Gasteiger partial charge on any atom is -0.508 e. The smallest absolute Gasteiger partial charge is 0.115 e. The largest absolute Gasteiger partial charge is 0.508 e. The zero-order chi connectivity index (χ0) is 12.4. The molecule has 1 fully saturated rings. The summed E-state index contributed by atoms with van der Waals surface area (Å²) in [6, 6.07) is 6.59. The molecule has 3 atom stereocenters. The molecule has 1 aliphatic carbocycles. The number of nitrogens with two attached hydrogens (primary N) is 1. The maximum atomic E-state index is 9.77. The van der Waals surface area contributed by atoms with Crippen LogP contribution in [0.2, 0.25) is 0 Å². The van der Waals surface area contributed by atoms with E-state index in [1.807, 2.05) is 12.1 Å². The van der Waals surface area contributed by atoms with E-state index in [0.717, 1.165) is 5.56 Å². The Morgan fingerprint density at radius 3 is 2.18 bits per heavy atom. The fraction of sp³-hybridized carbons (Fsp3) is 0.538. The summed E-state index contributed by atoms with van der Waals surface area (Å²) in [6.07, 6.45) is 0.831. The van der Waals surface area contributed by atoms with Gasteiger partial charge in [0.05, 0.1) is 12.2 Å². The lowest BCUT2D eigenvalue weighted by Crippen LogP contribution is -2.41. The fourth-order valence-electron chi connectivity index (χ4n) is 2.59. The van der Waals surface area contributed by atoms with E-state index in [9.17, 15) is 15.3 Å². The van der Waals surface area contributed by atoms with E-state index in [1.165, 1.54) is 0 Å². The van der Waals surface area contributed by atoms with Crippen molar-refractivity contribution in [1.82, 2.24) is 0 Å². The quantitative estimate of drug-likeness (QED) is 0.612. The molecule has 94 valence electrons. The second kappa shape index (κ2) is 5.04. The number of phenolic OH excluding ortho intramolecular Hbond substituents is 1. The highest BCUT2D eigenvalue weighted by molar-refractivity contribution is 5.26. The Hall–Kier alpha value is -1.10. The average molecular weight is 237 g/mol. The molecule has 0 heterocycles. The standard InChI is InChI=1S/C13H19NO3/c14-10(13-11(16)5-6-12(13)17)7-8-1-3-9(15)4-2-8/h1-4,10-13,15-17H,5-7,14H2/t10-,11-,12-/m0/s1. The lowest BCUT2D eigenvalue weighted by molar-refractivity contribution is 0.0503. The lowest BCUT2D eigenvalue weighted by Gasteiger charge is -2.25. The number of aliphatic hydroxyl groups is 2. The Kier molecular flexibility index (Phi) is 3.66. The molecule has 2 rings (SSSR count). The third kappa shape index (κ3) is 2.77. The van der Waals surface area contributed by atoms with Crippen LogP contribution in [0.4, 0.5) is 0 Å². The molecule has 1 saturated carbocycles. The molecule has 0 spiro atoms. The summed E-state index contributed by atoms with van der Waals surface area (Å²) in [5.41, 5.74) is 7.05. The number of aliphatic hydroxyl groups excluding tert-OH is 2. The van der Waals surface area contributed by atoms with Crippen LogP contribution in [-0.4, -0.2) is 33.6 Å². The van der Waals surface area contributed by atoms with Crippen molar-refractivity contribution in [2.75, 3.05) is 0 Å². The number of hydrogen-bond acceptors (Lipinski definition) is 4. The maximum absolute atomic E-state index is 9.77. The SMILES string of the molecule is N[C@@H](Cc1ccc(O)cc1)C1[C@@H](O)CC[C@@H]1O. The summed E-state index contributed by atoms with van der Waals surface area (Å²) < 4.78 is 0. The van der Waals surface area contributed by atoms with Gasteiger partial charge in [0.1, 0.15) is 5.75 Å². The molecule has 0 unspecified atom stereocenters. The molecule has 0 bridgehead atoms. The second-order valence-electron chi connectivity index (χ2n) is 4.82. The number of hydrogen-bond donors (Lipinski definition) is 4.